The number of nitrogens with zero attached hydrogens (tertiary/aromatic N) is 1. The summed E-state index contributed by atoms with van der Waals surface area (Å²) in [7, 11) is 0. The van der Waals surface area contributed by atoms with Gasteiger partial charge in [0.25, 0.3) is 0 Å². The largest absolute Gasteiger partial charge is 0.342 e. The maximum absolute atomic E-state index is 12.8. The number of carbonyl (C=O) groups is 2. The van der Waals surface area contributed by atoms with Gasteiger partial charge in [0.1, 0.15) is 12.1 Å². The van der Waals surface area contributed by atoms with Crippen molar-refractivity contribution in [2.45, 2.75) is 77.4 Å². The van der Waals surface area contributed by atoms with Crippen molar-refractivity contribution in [1.82, 2.24) is 10.2 Å². The Morgan fingerprint density at radius 1 is 1.37 bits per heavy atom. The van der Waals surface area contributed by atoms with Gasteiger partial charge in [0.2, 0.25) is 11.8 Å². The Bertz CT molecular complexity index is 371. The summed E-state index contributed by atoms with van der Waals surface area (Å²) in [6.45, 7) is 8.08. The van der Waals surface area contributed by atoms with Crippen molar-refractivity contribution in [2.24, 2.45) is 5.92 Å². The smallest absolute Gasteiger partial charge is 0.246 e. The molecule has 4 heteroatoms. The second-order valence-corrected chi connectivity index (χ2v) is 6.19. The first-order chi connectivity index (χ1) is 8.96. The Hall–Kier alpha value is -1.06. The Kier molecular flexibility index (Phi) is 3.88. The van der Waals surface area contributed by atoms with E-state index in [1.54, 1.807) is 0 Å². The second kappa shape index (κ2) is 5.14. The van der Waals surface area contributed by atoms with Crippen LogP contribution in [0.3, 0.4) is 0 Å². The van der Waals surface area contributed by atoms with Gasteiger partial charge in [-0.25, -0.2) is 0 Å². The lowest BCUT2D eigenvalue weighted by atomic mass is 9.71. The minimum atomic E-state index is -0.335. The number of hydrogen-bond acceptors (Lipinski definition) is 2. The molecule has 2 fully saturated rings. The number of nitrogens with one attached hydrogen (secondary N) is 1. The molecule has 4 nitrogen and oxygen atoms in total. The van der Waals surface area contributed by atoms with Crippen molar-refractivity contribution in [1.29, 1.82) is 0 Å². The highest BCUT2D eigenvalue weighted by Gasteiger charge is 2.51. The highest BCUT2D eigenvalue weighted by molar-refractivity contribution is 5.97. The average Bonchev–Trinajstić information content (AvgIpc) is 2.36. The van der Waals surface area contributed by atoms with E-state index in [9.17, 15) is 9.59 Å². The minimum absolute atomic E-state index is 0.00428. The monoisotopic (exact) mass is 266 g/mol. The molecule has 0 radical (unpaired) electrons. The zero-order valence-corrected chi connectivity index (χ0v) is 12.5. The van der Waals surface area contributed by atoms with E-state index < -0.39 is 0 Å². The third-order valence-electron chi connectivity index (χ3n) is 5.23. The van der Waals surface area contributed by atoms with Gasteiger partial charge in [0.15, 0.2) is 0 Å². The molecule has 1 heterocycles. The lowest BCUT2D eigenvalue weighted by molar-refractivity contribution is -0.162. The molecule has 0 aromatic heterocycles. The van der Waals surface area contributed by atoms with Crippen LogP contribution in [0.5, 0.6) is 0 Å². The Morgan fingerprint density at radius 2 is 2.00 bits per heavy atom. The fourth-order valence-corrected chi connectivity index (χ4v) is 3.41. The third kappa shape index (κ3) is 2.15. The van der Waals surface area contributed by atoms with Crippen LogP contribution < -0.4 is 5.32 Å². The molecule has 1 aliphatic carbocycles. The van der Waals surface area contributed by atoms with Crippen molar-refractivity contribution >= 4 is 11.8 Å². The van der Waals surface area contributed by atoms with Crippen molar-refractivity contribution < 1.29 is 9.59 Å². The number of hydrogen-bond donors (Lipinski definition) is 1. The lowest BCUT2D eigenvalue weighted by Crippen LogP contribution is -2.71. The third-order valence-corrected chi connectivity index (χ3v) is 5.23. The molecule has 19 heavy (non-hydrogen) atoms. The lowest BCUT2D eigenvalue weighted by Gasteiger charge is -2.55. The topological polar surface area (TPSA) is 49.4 Å². The molecule has 1 aliphatic heterocycles. The quantitative estimate of drug-likeness (QED) is 0.847. The molecule has 0 bridgehead atoms. The van der Waals surface area contributed by atoms with E-state index >= 15 is 0 Å². The van der Waals surface area contributed by atoms with Gasteiger partial charge in [-0.2, -0.15) is 0 Å². The molecule has 1 saturated heterocycles. The maximum Gasteiger partial charge on any atom is 0.246 e. The SMILES string of the molecule is CCC(C)C1NC(=O)C(C)N(C2(CC)CCC2)C1=O. The zero-order valence-electron chi connectivity index (χ0n) is 12.5. The summed E-state index contributed by atoms with van der Waals surface area (Å²) in [6.07, 6.45) is 5.10. The molecule has 2 rings (SSSR count). The number of piperazine rings is 1. The van der Waals surface area contributed by atoms with Gasteiger partial charge in [-0.3, -0.25) is 9.59 Å². The molecule has 3 atom stereocenters. The minimum Gasteiger partial charge on any atom is -0.342 e. The van der Waals surface area contributed by atoms with Gasteiger partial charge < -0.3 is 10.2 Å². The van der Waals surface area contributed by atoms with Crippen molar-refractivity contribution in [3.05, 3.63) is 0 Å². The predicted octanol–water partition coefficient (Wildman–Crippen LogP) is 2.08. The van der Waals surface area contributed by atoms with E-state index in [4.69, 9.17) is 0 Å². The van der Waals surface area contributed by atoms with Crippen LogP contribution in [-0.2, 0) is 9.59 Å². The molecule has 1 N–H and O–H groups in total. The van der Waals surface area contributed by atoms with Crippen LogP contribution >= 0.6 is 0 Å². The van der Waals surface area contributed by atoms with Crippen LogP contribution in [0.4, 0.5) is 0 Å². The summed E-state index contributed by atoms with van der Waals surface area (Å²) in [5.74, 6) is 0.327. The molecule has 0 spiro atoms. The van der Waals surface area contributed by atoms with E-state index in [1.807, 2.05) is 18.7 Å². The predicted molar refractivity (Wildman–Crippen MR) is 74.6 cm³/mol. The Balaban J connectivity index is 2.29. The van der Waals surface area contributed by atoms with Crippen molar-refractivity contribution in [2.75, 3.05) is 0 Å². The van der Waals surface area contributed by atoms with Crippen LogP contribution in [0, 0.1) is 5.92 Å². The normalized spacial score (nSPS) is 31.7. The summed E-state index contributed by atoms with van der Waals surface area (Å²) >= 11 is 0. The standard InChI is InChI=1S/C15H26N2O2/c1-5-10(3)12-14(19)17(11(4)13(18)16-12)15(6-2)8-7-9-15/h10-12H,5-9H2,1-4H3,(H,16,18). The summed E-state index contributed by atoms with van der Waals surface area (Å²) in [6, 6.07) is -0.661. The van der Waals surface area contributed by atoms with Gasteiger partial charge in [-0.15, -0.1) is 0 Å². The second-order valence-electron chi connectivity index (χ2n) is 6.19. The van der Waals surface area contributed by atoms with E-state index in [1.165, 1.54) is 6.42 Å². The van der Waals surface area contributed by atoms with E-state index in [2.05, 4.69) is 19.2 Å². The van der Waals surface area contributed by atoms with Gasteiger partial charge in [0.05, 0.1) is 0 Å². The first-order valence-electron chi connectivity index (χ1n) is 7.60. The van der Waals surface area contributed by atoms with Gasteiger partial charge in [-0.05, 0) is 38.5 Å². The van der Waals surface area contributed by atoms with E-state index in [0.717, 1.165) is 25.7 Å². The summed E-state index contributed by atoms with van der Waals surface area (Å²) in [5.41, 5.74) is -0.0556. The first kappa shape index (κ1) is 14.4. The van der Waals surface area contributed by atoms with Crippen molar-refractivity contribution in [3.63, 3.8) is 0 Å². The highest BCUT2D eigenvalue weighted by Crippen LogP contribution is 2.43. The molecule has 2 aliphatic rings. The number of amides is 2. The molecule has 0 aromatic carbocycles. The van der Waals surface area contributed by atoms with Crippen LogP contribution in [0.25, 0.3) is 0 Å². The van der Waals surface area contributed by atoms with E-state index in [0.29, 0.717) is 0 Å². The molecule has 2 amide bonds. The number of carbonyl (C=O) groups excluding carboxylic acids is 2. The molecular formula is C15H26N2O2. The number of rotatable bonds is 4. The first-order valence-corrected chi connectivity index (χ1v) is 7.60. The van der Waals surface area contributed by atoms with Crippen LogP contribution in [-0.4, -0.2) is 34.3 Å². The Labute approximate surface area is 115 Å². The maximum atomic E-state index is 12.8. The molecule has 3 unspecified atom stereocenters. The van der Waals surface area contributed by atoms with Crippen LogP contribution in [0.15, 0.2) is 0 Å². The highest BCUT2D eigenvalue weighted by atomic mass is 16.2. The summed E-state index contributed by atoms with van der Waals surface area (Å²) < 4.78 is 0. The van der Waals surface area contributed by atoms with E-state index in [-0.39, 0.29) is 35.4 Å². The van der Waals surface area contributed by atoms with Crippen molar-refractivity contribution in [3.8, 4) is 0 Å². The molecule has 1 saturated carbocycles. The van der Waals surface area contributed by atoms with Crippen LogP contribution in [0.2, 0.25) is 0 Å². The van der Waals surface area contributed by atoms with Gasteiger partial charge in [-0.1, -0.05) is 27.2 Å². The average molecular weight is 266 g/mol. The van der Waals surface area contributed by atoms with Gasteiger partial charge in [0, 0.05) is 5.54 Å². The molecule has 0 aromatic rings. The fraction of sp³-hybridized carbons (Fsp3) is 0.867. The zero-order chi connectivity index (χ0) is 14.2. The molecular weight excluding hydrogens is 240 g/mol. The summed E-state index contributed by atoms with van der Waals surface area (Å²) in [4.78, 5) is 26.9. The Morgan fingerprint density at radius 3 is 2.42 bits per heavy atom. The molecule has 108 valence electrons. The van der Waals surface area contributed by atoms with Gasteiger partial charge >= 0.3 is 0 Å². The fourth-order valence-electron chi connectivity index (χ4n) is 3.41. The summed E-state index contributed by atoms with van der Waals surface area (Å²) in [5, 5.41) is 2.91. The van der Waals surface area contributed by atoms with Crippen LogP contribution in [0.1, 0.15) is 59.8 Å².